The van der Waals surface area contributed by atoms with Crippen LogP contribution in [0.1, 0.15) is 16.8 Å². The number of ether oxygens (including phenoxy) is 2. The van der Waals surface area contributed by atoms with Gasteiger partial charge in [0.25, 0.3) is 0 Å². The van der Waals surface area contributed by atoms with Crippen LogP contribution in [-0.2, 0) is 19.0 Å². The van der Waals surface area contributed by atoms with Crippen LogP contribution in [0.3, 0.4) is 0 Å². The Morgan fingerprint density at radius 1 is 0.903 bits per heavy atom. The molecule has 1 aromatic heterocycles. The normalized spacial score (nSPS) is 11.9. The summed E-state index contributed by atoms with van der Waals surface area (Å²) >= 11 is 0. The number of nitrogens with one attached hydrogen (secondary N) is 1. The van der Waals surface area contributed by atoms with E-state index in [1.165, 1.54) is 12.1 Å². The second kappa shape index (κ2) is 8.20. The number of rotatable bonds is 5. The van der Waals surface area contributed by atoms with Crippen molar-refractivity contribution >= 4 is 5.82 Å². The Hall–Kier alpha value is -3.70. The number of aromatic nitrogens is 2. The Kier molecular flexibility index (Phi) is 5.82. The minimum atomic E-state index is -4.62. The van der Waals surface area contributed by atoms with Gasteiger partial charge in [-0.15, -0.1) is 0 Å². The largest absolute Gasteiger partial charge is 0.487 e. The van der Waals surface area contributed by atoms with E-state index >= 15 is 0 Å². The van der Waals surface area contributed by atoms with Crippen molar-refractivity contribution in [3.8, 4) is 17.2 Å². The number of benzene rings is 2. The van der Waals surface area contributed by atoms with Gasteiger partial charge >= 0.3 is 18.0 Å². The Labute approximate surface area is 170 Å². The van der Waals surface area contributed by atoms with Gasteiger partial charge < -0.3 is 20.2 Å². The molecule has 1 heterocycles. The topological polar surface area (TPSA) is 90.2 Å². The summed E-state index contributed by atoms with van der Waals surface area (Å²) in [6.45, 7) is -0.502. The van der Waals surface area contributed by atoms with Crippen LogP contribution in [0.25, 0.3) is 0 Å². The third kappa shape index (κ3) is 5.47. The van der Waals surface area contributed by atoms with Crippen LogP contribution in [0.15, 0.2) is 53.3 Å². The molecule has 3 N–H and O–H groups in total. The molecular weight excluding hydrogens is 432 g/mol. The molecule has 3 aromatic rings. The maximum atomic E-state index is 12.9. The van der Waals surface area contributed by atoms with E-state index in [9.17, 15) is 31.1 Å². The van der Waals surface area contributed by atoms with E-state index in [0.29, 0.717) is 6.07 Å². The van der Waals surface area contributed by atoms with Crippen molar-refractivity contribution in [2.24, 2.45) is 0 Å². The zero-order chi connectivity index (χ0) is 22.8. The third-order valence-corrected chi connectivity index (χ3v) is 3.91. The number of nitrogen functional groups attached to an aromatic ring is 1. The van der Waals surface area contributed by atoms with E-state index in [0.717, 1.165) is 30.3 Å². The highest BCUT2D eigenvalue weighted by molar-refractivity contribution is 5.50. The molecule has 2 aromatic carbocycles. The lowest BCUT2D eigenvalue weighted by Crippen LogP contribution is -2.18. The van der Waals surface area contributed by atoms with Crippen LogP contribution in [0.2, 0.25) is 0 Å². The summed E-state index contributed by atoms with van der Waals surface area (Å²) in [6.07, 6.45) is -9.21. The van der Waals surface area contributed by atoms with E-state index in [1.807, 2.05) is 0 Å². The second-order valence-corrected chi connectivity index (χ2v) is 6.18. The van der Waals surface area contributed by atoms with Gasteiger partial charge in [-0.1, -0.05) is 12.1 Å². The zero-order valence-electron chi connectivity index (χ0n) is 15.3. The van der Waals surface area contributed by atoms with Gasteiger partial charge in [0.1, 0.15) is 23.8 Å². The van der Waals surface area contributed by atoms with Gasteiger partial charge in [0.2, 0.25) is 0 Å². The van der Waals surface area contributed by atoms with Crippen LogP contribution in [0, 0.1) is 0 Å². The summed E-state index contributed by atoms with van der Waals surface area (Å²) in [5.74, 6) is -1.17. The highest BCUT2D eigenvalue weighted by atomic mass is 19.4. The lowest BCUT2D eigenvalue weighted by molar-refractivity contribution is -0.138. The first-order valence-electron chi connectivity index (χ1n) is 8.47. The van der Waals surface area contributed by atoms with E-state index in [4.69, 9.17) is 15.2 Å². The lowest BCUT2D eigenvalue weighted by Gasteiger charge is -2.15. The van der Waals surface area contributed by atoms with Gasteiger partial charge in [0, 0.05) is 0 Å². The smallest absolute Gasteiger partial charge is 0.416 e. The quantitative estimate of drug-likeness (QED) is 0.553. The molecule has 164 valence electrons. The molecule has 0 bridgehead atoms. The average Bonchev–Trinajstić information content (AvgIpc) is 2.68. The molecule has 0 saturated heterocycles. The maximum absolute atomic E-state index is 12.9. The fourth-order valence-corrected chi connectivity index (χ4v) is 2.52. The van der Waals surface area contributed by atoms with E-state index in [-0.39, 0.29) is 22.9 Å². The lowest BCUT2D eigenvalue weighted by atomic mass is 10.2. The fraction of sp³-hybridized carbons (Fsp3) is 0.158. The highest BCUT2D eigenvalue weighted by Gasteiger charge is 2.31. The first kappa shape index (κ1) is 22.0. The number of H-pyrrole nitrogens is 1. The highest BCUT2D eigenvalue weighted by Crippen LogP contribution is 2.35. The van der Waals surface area contributed by atoms with Gasteiger partial charge in [-0.2, -0.15) is 31.3 Å². The molecule has 12 heteroatoms. The molecule has 0 fully saturated rings. The molecule has 0 aliphatic rings. The Morgan fingerprint density at radius 3 is 2.03 bits per heavy atom. The number of hydrogen-bond acceptors (Lipinski definition) is 5. The second-order valence-electron chi connectivity index (χ2n) is 6.18. The Balaban J connectivity index is 1.88. The molecule has 0 atom stereocenters. The van der Waals surface area contributed by atoms with Gasteiger partial charge in [-0.3, -0.25) is 0 Å². The van der Waals surface area contributed by atoms with Crippen LogP contribution in [0.4, 0.5) is 32.2 Å². The SMILES string of the molecule is Nc1nc(=O)[nH]c(COc2cccc(C(F)(F)F)c2)c1Oc1cccc(C(F)(F)F)c1. The van der Waals surface area contributed by atoms with Crippen molar-refractivity contribution in [1.29, 1.82) is 0 Å². The predicted octanol–water partition coefficient (Wildman–Crippen LogP) is 4.76. The summed E-state index contributed by atoms with van der Waals surface area (Å²) < 4.78 is 87.9. The summed E-state index contributed by atoms with van der Waals surface area (Å²) in [5, 5.41) is 0. The van der Waals surface area contributed by atoms with E-state index in [2.05, 4.69) is 9.97 Å². The van der Waals surface area contributed by atoms with Gasteiger partial charge in [-0.25, -0.2) is 4.79 Å². The van der Waals surface area contributed by atoms with E-state index in [1.54, 1.807) is 0 Å². The summed E-state index contributed by atoms with van der Waals surface area (Å²) in [4.78, 5) is 17.3. The average molecular weight is 445 g/mol. The van der Waals surface area contributed by atoms with Crippen molar-refractivity contribution in [3.63, 3.8) is 0 Å². The molecule has 0 aliphatic carbocycles. The number of halogens is 6. The number of nitrogens with zero attached hydrogens (tertiary/aromatic N) is 1. The zero-order valence-corrected chi connectivity index (χ0v) is 15.3. The standard InChI is InChI=1S/C19H13F6N3O3/c20-18(21,22)10-3-1-5-12(7-10)30-9-14-15(16(26)28-17(29)27-14)31-13-6-2-4-11(8-13)19(23,24)25/h1-8H,9H2,(H3,26,27,28,29). The van der Waals surface area contributed by atoms with Crippen molar-refractivity contribution in [2.45, 2.75) is 19.0 Å². The van der Waals surface area contributed by atoms with Gasteiger partial charge in [0.15, 0.2) is 11.6 Å². The van der Waals surface area contributed by atoms with Crippen LogP contribution >= 0.6 is 0 Å². The number of nitrogens with two attached hydrogens (primary N) is 1. The monoisotopic (exact) mass is 445 g/mol. The predicted molar refractivity (Wildman–Crippen MR) is 96.6 cm³/mol. The Morgan fingerprint density at radius 2 is 1.45 bits per heavy atom. The van der Waals surface area contributed by atoms with Crippen molar-refractivity contribution < 1.29 is 35.8 Å². The summed E-state index contributed by atoms with van der Waals surface area (Å²) in [7, 11) is 0. The van der Waals surface area contributed by atoms with Crippen molar-refractivity contribution in [2.75, 3.05) is 5.73 Å². The fourth-order valence-electron chi connectivity index (χ4n) is 2.52. The molecule has 0 radical (unpaired) electrons. The molecule has 6 nitrogen and oxygen atoms in total. The minimum Gasteiger partial charge on any atom is -0.487 e. The molecule has 0 aliphatic heterocycles. The molecule has 3 rings (SSSR count). The number of aromatic amines is 1. The first-order chi connectivity index (χ1) is 14.4. The van der Waals surface area contributed by atoms with Crippen molar-refractivity contribution in [1.82, 2.24) is 9.97 Å². The molecule has 0 unspecified atom stereocenters. The minimum absolute atomic E-state index is 0.132. The first-order valence-corrected chi connectivity index (χ1v) is 8.47. The molecule has 31 heavy (non-hydrogen) atoms. The summed E-state index contributed by atoms with van der Waals surface area (Å²) in [5.41, 5.74) is 2.69. The number of anilines is 1. The molecule has 0 spiro atoms. The van der Waals surface area contributed by atoms with Crippen molar-refractivity contribution in [3.05, 3.63) is 75.8 Å². The van der Waals surface area contributed by atoms with Crippen LogP contribution < -0.4 is 20.9 Å². The summed E-state index contributed by atoms with van der Waals surface area (Å²) in [6, 6.07) is 7.84. The third-order valence-electron chi connectivity index (χ3n) is 3.91. The molecule has 0 saturated carbocycles. The van der Waals surface area contributed by atoms with Crippen LogP contribution in [0.5, 0.6) is 17.2 Å². The number of alkyl halides is 6. The van der Waals surface area contributed by atoms with E-state index < -0.39 is 41.6 Å². The molecular formula is C19H13F6N3O3. The maximum Gasteiger partial charge on any atom is 0.416 e. The van der Waals surface area contributed by atoms with Gasteiger partial charge in [0.05, 0.1) is 11.1 Å². The number of hydrogen-bond donors (Lipinski definition) is 2. The Bertz CT molecular complexity index is 1140. The van der Waals surface area contributed by atoms with Crippen LogP contribution in [-0.4, -0.2) is 9.97 Å². The van der Waals surface area contributed by atoms with Gasteiger partial charge in [-0.05, 0) is 36.4 Å². The molecule has 0 amide bonds.